The molecule has 162 valence electrons. The number of benzene rings is 1. The van der Waals surface area contributed by atoms with Crippen LogP contribution in [0.4, 0.5) is 0 Å². The predicted molar refractivity (Wildman–Crippen MR) is 119 cm³/mol. The molecule has 1 fully saturated rings. The molecule has 1 N–H and O–H groups in total. The van der Waals surface area contributed by atoms with Crippen molar-refractivity contribution >= 4 is 23.0 Å². The Morgan fingerprint density at radius 3 is 2.90 bits per heavy atom. The molecule has 9 nitrogen and oxygen atoms in total. The Morgan fingerprint density at radius 2 is 2.13 bits per heavy atom. The molecule has 0 aliphatic carbocycles. The molecule has 1 atom stereocenters. The summed E-state index contributed by atoms with van der Waals surface area (Å²) in [6.45, 7) is 4.36. The maximum atomic E-state index is 11.6. The van der Waals surface area contributed by atoms with Crippen LogP contribution >= 0.6 is 11.8 Å². The van der Waals surface area contributed by atoms with Gasteiger partial charge >= 0.3 is 0 Å². The Morgan fingerprint density at radius 1 is 1.29 bits per heavy atom. The minimum Gasteiger partial charge on any atom is -0.497 e. The molecule has 1 saturated heterocycles. The van der Waals surface area contributed by atoms with Gasteiger partial charge in [-0.1, -0.05) is 23.9 Å². The van der Waals surface area contributed by atoms with E-state index in [0.717, 1.165) is 42.3 Å². The number of thioether (sulfide) groups is 1. The molecule has 10 heteroatoms. The van der Waals surface area contributed by atoms with Gasteiger partial charge in [-0.2, -0.15) is 5.10 Å². The lowest BCUT2D eigenvalue weighted by Crippen LogP contribution is -2.32. The van der Waals surface area contributed by atoms with Crippen molar-refractivity contribution < 1.29 is 9.53 Å². The summed E-state index contributed by atoms with van der Waals surface area (Å²) in [6.07, 6.45) is 4.93. The number of hydrogen-bond acceptors (Lipinski definition) is 8. The Labute approximate surface area is 184 Å². The van der Waals surface area contributed by atoms with Crippen LogP contribution in [0.5, 0.6) is 5.75 Å². The second-order valence-corrected chi connectivity index (χ2v) is 8.70. The number of tetrazole rings is 1. The minimum atomic E-state index is 0.145. The second-order valence-electron chi connectivity index (χ2n) is 7.32. The zero-order valence-electron chi connectivity index (χ0n) is 17.6. The molecule has 1 aliphatic rings. The number of methoxy groups -OCH3 is 1. The van der Waals surface area contributed by atoms with Crippen molar-refractivity contribution in [2.45, 2.75) is 31.7 Å². The Bertz CT molecular complexity index is 1060. The van der Waals surface area contributed by atoms with E-state index in [-0.39, 0.29) is 10.4 Å². The van der Waals surface area contributed by atoms with E-state index in [9.17, 15) is 4.79 Å². The molecule has 3 aromatic rings. The van der Waals surface area contributed by atoms with Crippen molar-refractivity contribution in [2.24, 2.45) is 0 Å². The van der Waals surface area contributed by atoms with Gasteiger partial charge in [0.05, 0.1) is 19.3 Å². The number of aromatic nitrogens is 6. The number of nitrogens with one attached hydrogen (secondary N) is 1. The van der Waals surface area contributed by atoms with E-state index in [1.54, 1.807) is 18.7 Å². The molecule has 31 heavy (non-hydrogen) atoms. The molecule has 3 heterocycles. The van der Waals surface area contributed by atoms with E-state index in [2.05, 4.69) is 32.0 Å². The van der Waals surface area contributed by atoms with Crippen LogP contribution in [0, 0.1) is 0 Å². The average molecular weight is 440 g/mol. The van der Waals surface area contributed by atoms with Crippen LogP contribution in [0.15, 0.2) is 42.1 Å². The van der Waals surface area contributed by atoms with Crippen molar-refractivity contribution in [3.8, 4) is 5.75 Å². The minimum absolute atomic E-state index is 0.145. The first-order chi connectivity index (χ1) is 15.1. The summed E-state index contributed by atoms with van der Waals surface area (Å²) in [5.41, 5.74) is 3.14. The van der Waals surface area contributed by atoms with Crippen LogP contribution in [-0.4, -0.2) is 60.6 Å². The SMILES string of the molecule is COc1ccc(Cn2nnnc2Cn2ccc(/C=C3\CNCCC3SC(C)=O)n2)cc1. The van der Waals surface area contributed by atoms with Crippen molar-refractivity contribution in [2.75, 3.05) is 20.2 Å². The Balaban J connectivity index is 1.44. The standard InChI is InChI=1S/C21H25N7O2S/c1-15(29)31-20-7-9-22-12-17(20)11-18-8-10-27(24-18)14-21-23-25-26-28(21)13-16-3-5-19(30-2)6-4-16/h3-6,8,10-11,20,22H,7,9,12-14H2,1-2H3/b17-11+. The van der Waals surface area contributed by atoms with Gasteiger partial charge in [0.15, 0.2) is 10.9 Å². The normalized spacial score (nSPS) is 17.7. The molecule has 0 radical (unpaired) electrons. The van der Waals surface area contributed by atoms with Crippen LogP contribution in [0.25, 0.3) is 6.08 Å². The fraction of sp³-hybridized carbons (Fsp3) is 0.381. The van der Waals surface area contributed by atoms with Crippen LogP contribution in [0.1, 0.15) is 30.4 Å². The molecular weight excluding hydrogens is 414 g/mol. The number of hydrogen-bond donors (Lipinski definition) is 1. The molecule has 1 aromatic carbocycles. The highest BCUT2D eigenvalue weighted by atomic mass is 32.2. The van der Waals surface area contributed by atoms with E-state index in [1.807, 2.05) is 41.2 Å². The topological polar surface area (TPSA) is 99.7 Å². The highest BCUT2D eigenvalue weighted by molar-refractivity contribution is 8.14. The highest BCUT2D eigenvalue weighted by Gasteiger charge is 2.21. The average Bonchev–Trinajstić information content (AvgIpc) is 3.39. The highest BCUT2D eigenvalue weighted by Crippen LogP contribution is 2.26. The number of carbonyl (C=O) groups excluding carboxylic acids is 1. The van der Waals surface area contributed by atoms with Gasteiger partial charge in [0.1, 0.15) is 12.3 Å². The fourth-order valence-corrected chi connectivity index (χ4v) is 4.42. The molecule has 0 amide bonds. The van der Waals surface area contributed by atoms with E-state index in [1.165, 1.54) is 17.3 Å². The van der Waals surface area contributed by atoms with Gasteiger partial charge in [-0.25, -0.2) is 4.68 Å². The monoisotopic (exact) mass is 439 g/mol. The van der Waals surface area contributed by atoms with Gasteiger partial charge in [-0.05, 0) is 58.8 Å². The smallest absolute Gasteiger partial charge is 0.186 e. The van der Waals surface area contributed by atoms with Crippen molar-refractivity contribution in [1.29, 1.82) is 0 Å². The predicted octanol–water partition coefficient (Wildman–Crippen LogP) is 2.00. The Kier molecular flexibility index (Phi) is 6.78. The molecule has 1 aliphatic heterocycles. The third-order valence-electron chi connectivity index (χ3n) is 5.03. The number of rotatable bonds is 7. The maximum Gasteiger partial charge on any atom is 0.186 e. The summed E-state index contributed by atoms with van der Waals surface area (Å²) in [7, 11) is 1.65. The molecule has 0 saturated carbocycles. The first-order valence-corrected chi connectivity index (χ1v) is 11.0. The van der Waals surface area contributed by atoms with Gasteiger partial charge in [0, 0.05) is 24.9 Å². The molecule has 0 spiro atoms. The first-order valence-electron chi connectivity index (χ1n) is 10.1. The second kappa shape index (κ2) is 9.88. The van der Waals surface area contributed by atoms with Crippen LogP contribution in [-0.2, 0) is 17.9 Å². The maximum absolute atomic E-state index is 11.6. The van der Waals surface area contributed by atoms with Crippen LogP contribution in [0.3, 0.4) is 0 Å². The molecule has 0 bridgehead atoms. The lowest BCUT2D eigenvalue weighted by Gasteiger charge is -2.24. The molecule has 2 aromatic heterocycles. The molecular formula is C21H25N7O2S. The summed E-state index contributed by atoms with van der Waals surface area (Å²) in [5, 5.41) is 20.5. The number of ether oxygens (including phenoxy) is 1. The van der Waals surface area contributed by atoms with E-state index in [4.69, 9.17) is 4.74 Å². The van der Waals surface area contributed by atoms with Gasteiger partial charge in [-0.15, -0.1) is 5.10 Å². The summed E-state index contributed by atoms with van der Waals surface area (Å²) < 4.78 is 8.80. The Hall–Kier alpha value is -2.98. The third-order valence-corrected chi connectivity index (χ3v) is 6.18. The van der Waals surface area contributed by atoms with Gasteiger partial charge < -0.3 is 10.1 Å². The van der Waals surface area contributed by atoms with Gasteiger partial charge in [-0.3, -0.25) is 9.48 Å². The number of carbonyl (C=O) groups is 1. The molecule has 1 unspecified atom stereocenters. The first kappa shape index (κ1) is 21.3. The largest absolute Gasteiger partial charge is 0.497 e. The van der Waals surface area contributed by atoms with Crippen molar-refractivity contribution in [3.05, 3.63) is 59.2 Å². The van der Waals surface area contributed by atoms with E-state index >= 15 is 0 Å². The van der Waals surface area contributed by atoms with Gasteiger partial charge in [0.25, 0.3) is 0 Å². The van der Waals surface area contributed by atoms with Crippen molar-refractivity contribution in [1.82, 2.24) is 35.3 Å². The van der Waals surface area contributed by atoms with Gasteiger partial charge in [0.2, 0.25) is 0 Å². The molecule has 4 rings (SSSR count). The van der Waals surface area contributed by atoms with E-state index < -0.39 is 0 Å². The van der Waals surface area contributed by atoms with Crippen molar-refractivity contribution in [3.63, 3.8) is 0 Å². The summed E-state index contributed by atoms with van der Waals surface area (Å²) in [6, 6.07) is 9.80. The zero-order chi connectivity index (χ0) is 21.6. The lowest BCUT2D eigenvalue weighted by atomic mass is 10.0. The quantitative estimate of drug-likeness (QED) is 0.597. The van der Waals surface area contributed by atoms with Crippen LogP contribution < -0.4 is 10.1 Å². The van der Waals surface area contributed by atoms with Crippen LogP contribution in [0.2, 0.25) is 0 Å². The zero-order valence-corrected chi connectivity index (χ0v) is 18.4. The summed E-state index contributed by atoms with van der Waals surface area (Å²) >= 11 is 1.40. The van der Waals surface area contributed by atoms with E-state index in [0.29, 0.717) is 13.1 Å². The number of piperidine rings is 1. The lowest BCUT2D eigenvalue weighted by molar-refractivity contribution is -0.109. The summed E-state index contributed by atoms with van der Waals surface area (Å²) in [4.78, 5) is 11.6. The third kappa shape index (κ3) is 5.59. The fourth-order valence-electron chi connectivity index (χ4n) is 3.48. The number of nitrogens with zero attached hydrogens (tertiary/aromatic N) is 6. The summed E-state index contributed by atoms with van der Waals surface area (Å²) in [5.74, 6) is 1.54.